The number of carboxylic acids is 2. The van der Waals surface area contributed by atoms with Gasteiger partial charge in [-0.25, -0.2) is 4.79 Å². The molecule has 0 aliphatic carbocycles. The third-order valence-corrected chi connectivity index (χ3v) is 5.72. The van der Waals surface area contributed by atoms with E-state index in [4.69, 9.17) is 16.6 Å². The van der Waals surface area contributed by atoms with Crippen LogP contribution >= 0.6 is 0 Å². The molecule has 4 unspecified atom stereocenters. The molecule has 0 aromatic carbocycles. The number of hydrogen-bond acceptors (Lipinski definition) is 7. The normalized spacial score (nSPS) is 18.3. The molecule has 12 nitrogen and oxygen atoms in total. The van der Waals surface area contributed by atoms with Gasteiger partial charge in [-0.3, -0.25) is 19.2 Å². The van der Waals surface area contributed by atoms with Crippen molar-refractivity contribution in [1.82, 2.24) is 15.5 Å². The zero-order chi connectivity index (χ0) is 25.8. The Bertz CT molecular complexity index is 730. The fourth-order valence-corrected chi connectivity index (χ4v) is 3.94. The predicted molar refractivity (Wildman–Crippen MR) is 123 cm³/mol. The van der Waals surface area contributed by atoms with E-state index in [0.717, 1.165) is 0 Å². The van der Waals surface area contributed by atoms with Crippen molar-refractivity contribution in [2.45, 2.75) is 89.4 Å². The molecular weight excluding hydrogens is 446 g/mol. The van der Waals surface area contributed by atoms with Gasteiger partial charge in [0.2, 0.25) is 17.7 Å². The summed E-state index contributed by atoms with van der Waals surface area (Å²) >= 11 is 0. The molecule has 0 bridgehead atoms. The Kier molecular flexibility index (Phi) is 12.5. The van der Waals surface area contributed by atoms with Crippen molar-refractivity contribution in [3.05, 3.63) is 0 Å². The van der Waals surface area contributed by atoms with E-state index in [-0.39, 0.29) is 18.9 Å². The van der Waals surface area contributed by atoms with E-state index in [1.54, 1.807) is 0 Å². The van der Waals surface area contributed by atoms with Gasteiger partial charge in [0.05, 0.1) is 6.04 Å². The lowest BCUT2D eigenvalue weighted by Gasteiger charge is -2.30. The van der Waals surface area contributed by atoms with E-state index >= 15 is 0 Å². The Morgan fingerprint density at radius 3 is 2.26 bits per heavy atom. The van der Waals surface area contributed by atoms with E-state index in [9.17, 15) is 29.1 Å². The van der Waals surface area contributed by atoms with Gasteiger partial charge >= 0.3 is 11.9 Å². The maximum Gasteiger partial charge on any atom is 0.326 e. The summed E-state index contributed by atoms with van der Waals surface area (Å²) in [6, 6.07) is -3.94. The average Bonchev–Trinajstić information content (AvgIpc) is 3.24. The third kappa shape index (κ3) is 9.64. The second-order valence-electron chi connectivity index (χ2n) is 9.10. The zero-order valence-corrected chi connectivity index (χ0v) is 20.0. The van der Waals surface area contributed by atoms with Gasteiger partial charge in [-0.1, -0.05) is 13.8 Å². The minimum Gasteiger partial charge on any atom is -0.481 e. The Labute approximate surface area is 199 Å². The molecule has 1 rings (SSSR count). The zero-order valence-electron chi connectivity index (χ0n) is 20.0. The van der Waals surface area contributed by atoms with Crippen LogP contribution in [0.5, 0.6) is 0 Å². The van der Waals surface area contributed by atoms with Crippen molar-refractivity contribution in [2.75, 3.05) is 13.1 Å². The number of carbonyl (C=O) groups is 5. The lowest BCUT2D eigenvalue weighted by molar-refractivity contribution is -0.145. The van der Waals surface area contributed by atoms with Gasteiger partial charge in [-0.15, -0.1) is 0 Å². The van der Waals surface area contributed by atoms with E-state index < -0.39 is 60.2 Å². The van der Waals surface area contributed by atoms with Gasteiger partial charge in [0, 0.05) is 13.0 Å². The first-order chi connectivity index (χ1) is 16.0. The average molecular weight is 486 g/mol. The lowest BCUT2D eigenvalue weighted by atomic mass is 10.0. The highest BCUT2D eigenvalue weighted by molar-refractivity contribution is 5.94. The summed E-state index contributed by atoms with van der Waals surface area (Å²) in [6.45, 7) is 4.59. The van der Waals surface area contributed by atoms with E-state index in [1.807, 2.05) is 13.8 Å². The van der Waals surface area contributed by atoms with Crippen LogP contribution in [0.4, 0.5) is 0 Å². The van der Waals surface area contributed by atoms with E-state index in [2.05, 4.69) is 10.6 Å². The fourth-order valence-electron chi connectivity index (χ4n) is 3.94. The van der Waals surface area contributed by atoms with Crippen LogP contribution in [0.25, 0.3) is 0 Å². The van der Waals surface area contributed by atoms with Crippen molar-refractivity contribution in [3.8, 4) is 0 Å². The summed E-state index contributed by atoms with van der Waals surface area (Å²) in [5.41, 5.74) is 11.5. The van der Waals surface area contributed by atoms with Crippen LogP contribution in [-0.2, 0) is 24.0 Å². The number of nitrogens with one attached hydrogen (secondary N) is 2. The molecule has 0 aromatic heterocycles. The number of unbranched alkanes of at least 4 members (excludes halogenated alkanes) is 1. The molecule has 194 valence electrons. The summed E-state index contributed by atoms with van der Waals surface area (Å²) in [7, 11) is 0. The van der Waals surface area contributed by atoms with Crippen molar-refractivity contribution in [2.24, 2.45) is 17.4 Å². The van der Waals surface area contributed by atoms with Gasteiger partial charge in [-0.2, -0.15) is 0 Å². The molecule has 34 heavy (non-hydrogen) atoms. The molecule has 0 saturated carbocycles. The van der Waals surface area contributed by atoms with Gasteiger partial charge in [0.25, 0.3) is 0 Å². The SMILES string of the molecule is CC(C)CC(N)C(=O)NC(CCCCN)C(=O)N1CCCC1C(=O)NC(CCC(=O)O)C(=O)O. The van der Waals surface area contributed by atoms with Crippen molar-refractivity contribution in [3.63, 3.8) is 0 Å². The predicted octanol–water partition coefficient (Wildman–Crippen LogP) is -0.601. The van der Waals surface area contributed by atoms with Crippen LogP contribution in [-0.4, -0.2) is 82.0 Å². The molecule has 4 atom stereocenters. The molecule has 3 amide bonds. The van der Waals surface area contributed by atoms with Crippen LogP contribution in [0.15, 0.2) is 0 Å². The highest BCUT2D eigenvalue weighted by Gasteiger charge is 2.39. The van der Waals surface area contributed by atoms with Gasteiger partial charge < -0.3 is 37.2 Å². The Morgan fingerprint density at radius 1 is 1.03 bits per heavy atom. The molecule has 1 aliphatic rings. The van der Waals surface area contributed by atoms with Gasteiger partial charge in [-0.05, 0) is 57.4 Å². The van der Waals surface area contributed by atoms with Crippen molar-refractivity contribution >= 4 is 29.7 Å². The highest BCUT2D eigenvalue weighted by atomic mass is 16.4. The van der Waals surface area contributed by atoms with Crippen LogP contribution in [0.1, 0.15) is 65.2 Å². The topological polar surface area (TPSA) is 205 Å². The quantitative estimate of drug-likeness (QED) is 0.163. The molecule has 0 spiro atoms. The smallest absolute Gasteiger partial charge is 0.326 e. The summed E-state index contributed by atoms with van der Waals surface area (Å²) in [6.07, 6.45) is 2.21. The number of rotatable bonds is 15. The second-order valence-corrected chi connectivity index (χ2v) is 9.10. The summed E-state index contributed by atoms with van der Waals surface area (Å²) in [5.74, 6) is -3.87. The first kappa shape index (κ1) is 29.3. The Balaban J connectivity index is 2.93. The number of amides is 3. The standard InChI is InChI=1S/C22H39N5O7/c1-13(2)12-14(24)19(30)25-15(6-3-4-10-23)21(32)27-11-5-7-17(27)20(31)26-16(22(33)34)8-9-18(28)29/h13-17H,3-12,23-24H2,1-2H3,(H,25,30)(H,26,31)(H,28,29)(H,33,34). The molecule has 0 radical (unpaired) electrons. The largest absolute Gasteiger partial charge is 0.481 e. The molecule has 1 aliphatic heterocycles. The molecule has 1 heterocycles. The number of nitrogens with zero attached hydrogens (tertiary/aromatic N) is 1. The number of nitrogens with two attached hydrogens (primary N) is 2. The minimum atomic E-state index is -1.38. The van der Waals surface area contributed by atoms with Crippen LogP contribution < -0.4 is 22.1 Å². The Morgan fingerprint density at radius 2 is 1.71 bits per heavy atom. The van der Waals surface area contributed by atoms with Crippen molar-refractivity contribution in [1.29, 1.82) is 0 Å². The fraction of sp³-hybridized carbons (Fsp3) is 0.773. The van der Waals surface area contributed by atoms with Crippen molar-refractivity contribution < 1.29 is 34.2 Å². The third-order valence-electron chi connectivity index (χ3n) is 5.72. The van der Waals surface area contributed by atoms with Crippen LogP contribution in [0.2, 0.25) is 0 Å². The molecular formula is C22H39N5O7. The monoisotopic (exact) mass is 485 g/mol. The first-order valence-corrected chi connectivity index (χ1v) is 11.8. The highest BCUT2D eigenvalue weighted by Crippen LogP contribution is 2.20. The molecule has 8 N–H and O–H groups in total. The van der Waals surface area contributed by atoms with E-state index in [0.29, 0.717) is 45.1 Å². The number of carboxylic acid groups (broad SMARTS) is 2. The summed E-state index contributed by atoms with van der Waals surface area (Å²) in [4.78, 5) is 62.3. The lowest BCUT2D eigenvalue weighted by Crippen LogP contribution is -2.56. The molecule has 1 saturated heterocycles. The first-order valence-electron chi connectivity index (χ1n) is 11.8. The number of carbonyl (C=O) groups excluding carboxylic acids is 3. The summed E-state index contributed by atoms with van der Waals surface area (Å²) < 4.78 is 0. The van der Waals surface area contributed by atoms with E-state index in [1.165, 1.54) is 4.90 Å². The Hall–Kier alpha value is -2.73. The summed E-state index contributed by atoms with van der Waals surface area (Å²) in [5, 5.41) is 23.2. The van der Waals surface area contributed by atoms with Crippen LogP contribution in [0.3, 0.4) is 0 Å². The number of likely N-dealkylation sites (tertiary alicyclic amines) is 1. The number of hydrogen-bond donors (Lipinski definition) is 6. The maximum absolute atomic E-state index is 13.3. The maximum atomic E-state index is 13.3. The van der Waals surface area contributed by atoms with Gasteiger partial charge in [0.15, 0.2) is 0 Å². The minimum absolute atomic E-state index is 0.196. The number of aliphatic carboxylic acids is 2. The molecule has 0 aromatic rings. The van der Waals surface area contributed by atoms with Crippen LogP contribution in [0, 0.1) is 5.92 Å². The van der Waals surface area contributed by atoms with Gasteiger partial charge in [0.1, 0.15) is 18.1 Å². The second kappa shape index (κ2) is 14.5. The molecule has 1 fully saturated rings. The molecule has 12 heteroatoms.